The largest absolute Gasteiger partial charge is 0.481 e. The Morgan fingerprint density at radius 1 is 1.08 bits per heavy atom. The number of ether oxygens (including phenoxy) is 1. The van der Waals surface area contributed by atoms with Crippen molar-refractivity contribution in [2.24, 2.45) is 0 Å². The van der Waals surface area contributed by atoms with Gasteiger partial charge in [-0.2, -0.15) is 0 Å². The first-order valence-corrected chi connectivity index (χ1v) is 7.01. The minimum Gasteiger partial charge on any atom is -0.481 e. The number of anilines is 1. The smallest absolute Gasteiger partial charge is 0.265 e. The number of hydrogen-bond donors (Lipinski definition) is 1. The Labute approximate surface area is 136 Å². The lowest BCUT2D eigenvalue weighted by atomic mass is 10.1. The summed E-state index contributed by atoms with van der Waals surface area (Å²) in [5.74, 6) is -5.16. The summed E-state index contributed by atoms with van der Waals surface area (Å²) in [6.45, 7) is 2.79. The van der Waals surface area contributed by atoms with Crippen molar-refractivity contribution in [3.63, 3.8) is 0 Å². The molecule has 2 aromatic carbocycles. The zero-order chi connectivity index (χ0) is 17.9. The van der Waals surface area contributed by atoms with E-state index >= 15 is 0 Å². The predicted molar refractivity (Wildman–Crippen MR) is 81.5 cm³/mol. The van der Waals surface area contributed by atoms with Crippen molar-refractivity contribution in [3.8, 4) is 5.75 Å². The number of Topliss-reactive ketones (excluding diaryl/α,β-unsaturated/α-hetero) is 1. The van der Waals surface area contributed by atoms with Crippen LogP contribution < -0.4 is 10.1 Å². The van der Waals surface area contributed by atoms with Gasteiger partial charge in [0.15, 0.2) is 29.3 Å². The first-order valence-electron chi connectivity index (χ1n) is 7.01. The molecular formula is C17H14F3NO3. The first-order chi connectivity index (χ1) is 11.3. The van der Waals surface area contributed by atoms with E-state index in [-0.39, 0.29) is 11.5 Å². The summed E-state index contributed by atoms with van der Waals surface area (Å²) in [5, 5.41) is 2.12. The van der Waals surface area contributed by atoms with Gasteiger partial charge in [0.2, 0.25) is 0 Å². The third-order valence-corrected chi connectivity index (χ3v) is 3.22. The summed E-state index contributed by atoms with van der Waals surface area (Å²) in [5.41, 5.74) is -0.0846. The zero-order valence-corrected chi connectivity index (χ0v) is 12.9. The summed E-state index contributed by atoms with van der Waals surface area (Å²) in [6, 6.07) is 7.81. The molecule has 0 aliphatic carbocycles. The third kappa shape index (κ3) is 3.92. The summed E-state index contributed by atoms with van der Waals surface area (Å²) in [6.07, 6.45) is -1.06. The maximum Gasteiger partial charge on any atom is 0.265 e. The minimum absolute atomic E-state index is 0.165. The molecule has 1 N–H and O–H groups in total. The van der Waals surface area contributed by atoms with Crippen LogP contribution in [-0.4, -0.2) is 17.8 Å². The quantitative estimate of drug-likeness (QED) is 0.668. The Bertz CT molecular complexity index is 793. The molecule has 24 heavy (non-hydrogen) atoms. The van der Waals surface area contributed by atoms with E-state index in [1.807, 2.05) is 0 Å². The molecule has 2 rings (SSSR count). The first kappa shape index (κ1) is 17.5. The molecule has 0 heterocycles. The number of rotatable bonds is 5. The van der Waals surface area contributed by atoms with Gasteiger partial charge in [0.1, 0.15) is 5.75 Å². The standard InChI is InChI=1S/C17H14F3NO3/c1-9(22)11-4-3-5-12(8-11)24-10(2)17(23)21-14-7-6-13(18)15(19)16(14)20/h3-8,10H,1-2H3,(H,21,23)/t10-/m1/s1. The van der Waals surface area contributed by atoms with Crippen LogP contribution in [0, 0.1) is 17.5 Å². The van der Waals surface area contributed by atoms with Gasteiger partial charge in [0.05, 0.1) is 5.69 Å². The number of halogens is 3. The molecule has 1 amide bonds. The van der Waals surface area contributed by atoms with Crippen LogP contribution in [0.25, 0.3) is 0 Å². The molecule has 0 fully saturated rings. The van der Waals surface area contributed by atoms with Gasteiger partial charge in [0.25, 0.3) is 5.91 Å². The van der Waals surface area contributed by atoms with Gasteiger partial charge in [-0.15, -0.1) is 0 Å². The Morgan fingerprint density at radius 2 is 1.79 bits per heavy atom. The van der Waals surface area contributed by atoms with E-state index in [1.54, 1.807) is 18.2 Å². The third-order valence-electron chi connectivity index (χ3n) is 3.22. The number of ketones is 1. The Balaban J connectivity index is 2.09. The van der Waals surface area contributed by atoms with Crippen LogP contribution in [0.15, 0.2) is 36.4 Å². The van der Waals surface area contributed by atoms with E-state index in [9.17, 15) is 22.8 Å². The molecule has 0 spiro atoms. The van der Waals surface area contributed by atoms with Gasteiger partial charge in [0, 0.05) is 5.56 Å². The Kier molecular flexibility index (Phi) is 5.23. The summed E-state index contributed by atoms with van der Waals surface area (Å²) in [4.78, 5) is 23.3. The van der Waals surface area contributed by atoms with E-state index in [2.05, 4.69) is 5.32 Å². The molecular weight excluding hydrogens is 323 g/mol. The van der Waals surface area contributed by atoms with Crippen LogP contribution in [0.3, 0.4) is 0 Å². The van der Waals surface area contributed by atoms with Gasteiger partial charge in [-0.1, -0.05) is 12.1 Å². The number of amides is 1. The van der Waals surface area contributed by atoms with Crippen molar-refractivity contribution < 1.29 is 27.5 Å². The number of carbonyl (C=O) groups is 2. The molecule has 0 radical (unpaired) electrons. The molecule has 126 valence electrons. The van der Waals surface area contributed by atoms with Gasteiger partial charge in [-0.25, -0.2) is 13.2 Å². The number of hydrogen-bond acceptors (Lipinski definition) is 3. The summed E-state index contributed by atoms with van der Waals surface area (Å²) < 4.78 is 44.9. The molecule has 0 saturated carbocycles. The average molecular weight is 337 g/mol. The number of carbonyl (C=O) groups excluding carboxylic acids is 2. The molecule has 0 aliphatic rings. The van der Waals surface area contributed by atoms with Crippen molar-refractivity contribution in [2.45, 2.75) is 20.0 Å². The SMILES string of the molecule is CC(=O)c1cccc(O[C@H](C)C(=O)Nc2ccc(F)c(F)c2F)c1. The highest BCUT2D eigenvalue weighted by atomic mass is 19.2. The molecule has 0 aromatic heterocycles. The van der Waals surface area contributed by atoms with Crippen molar-refractivity contribution in [3.05, 3.63) is 59.4 Å². The monoisotopic (exact) mass is 337 g/mol. The van der Waals surface area contributed by atoms with Crippen LogP contribution in [-0.2, 0) is 4.79 Å². The summed E-state index contributed by atoms with van der Waals surface area (Å²) >= 11 is 0. The minimum atomic E-state index is -1.67. The predicted octanol–water partition coefficient (Wildman–Crippen LogP) is 3.71. The zero-order valence-electron chi connectivity index (χ0n) is 12.9. The Hall–Kier alpha value is -2.83. The van der Waals surface area contributed by atoms with Crippen LogP contribution in [0.2, 0.25) is 0 Å². The second kappa shape index (κ2) is 7.16. The van der Waals surface area contributed by atoms with E-state index < -0.39 is 35.2 Å². The van der Waals surface area contributed by atoms with Crippen LogP contribution in [0.4, 0.5) is 18.9 Å². The van der Waals surface area contributed by atoms with Gasteiger partial charge < -0.3 is 10.1 Å². The van der Waals surface area contributed by atoms with E-state index in [4.69, 9.17) is 4.74 Å². The van der Waals surface area contributed by atoms with Crippen molar-refractivity contribution in [2.75, 3.05) is 5.32 Å². The maximum atomic E-state index is 13.5. The van der Waals surface area contributed by atoms with Gasteiger partial charge in [-0.3, -0.25) is 9.59 Å². The fourth-order valence-corrected chi connectivity index (χ4v) is 1.90. The molecule has 4 nitrogen and oxygen atoms in total. The second-order valence-corrected chi connectivity index (χ2v) is 5.06. The lowest BCUT2D eigenvalue weighted by molar-refractivity contribution is -0.122. The molecule has 0 bridgehead atoms. The van der Waals surface area contributed by atoms with E-state index in [0.29, 0.717) is 11.6 Å². The fraction of sp³-hybridized carbons (Fsp3) is 0.176. The van der Waals surface area contributed by atoms with Crippen molar-refractivity contribution in [1.82, 2.24) is 0 Å². The molecule has 1 atom stereocenters. The highest BCUT2D eigenvalue weighted by Gasteiger charge is 2.19. The van der Waals surface area contributed by atoms with Crippen LogP contribution >= 0.6 is 0 Å². The van der Waals surface area contributed by atoms with Gasteiger partial charge in [-0.05, 0) is 38.1 Å². The number of nitrogens with one attached hydrogen (secondary N) is 1. The lowest BCUT2D eigenvalue weighted by Crippen LogP contribution is -2.30. The van der Waals surface area contributed by atoms with Gasteiger partial charge >= 0.3 is 0 Å². The summed E-state index contributed by atoms with van der Waals surface area (Å²) in [7, 11) is 0. The maximum absolute atomic E-state index is 13.5. The average Bonchev–Trinajstić information content (AvgIpc) is 2.55. The lowest BCUT2D eigenvalue weighted by Gasteiger charge is -2.15. The molecule has 2 aromatic rings. The molecule has 0 aliphatic heterocycles. The second-order valence-electron chi connectivity index (χ2n) is 5.06. The van der Waals surface area contributed by atoms with Crippen LogP contribution in [0.5, 0.6) is 5.75 Å². The fourth-order valence-electron chi connectivity index (χ4n) is 1.90. The molecule has 0 unspecified atom stereocenters. The Morgan fingerprint density at radius 3 is 2.46 bits per heavy atom. The van der Waals surface area contributed by atoms with E-state index in [0.717, 1.165) is 6.07 Å². The normalized spacial score (nSPS) is 11.7. The van der Waals surface area contributed by atoms with Crippen molar-refractivity contribution in [1.29, 1.82) is 0 Å². The molecule has 7 heteroatoms. The van der Waals surface area contributed by atoms with Crippen LogP contribution in [0.1, 0.15) is 24.2 Å². The molecule has 0 saturated heterocycles. The van der Waals surface area contributed by atoms with Crippen molar-refractivity contribution >= 4 is 17.4 Å². The van der Waals surface area contributed by atoms with E-state index in [1.165, 1.54) is 19.9 Å². The number of benzene rings is 2. The highest BCUT2D eigenvalue weighted by Crippen LogP contribution is 2.21. The topological polar surface area (TPSA) is 55.4 Å². The highest BCUT2D eigenvalue weighted by molar-refractivity contribution is 5.95.